The number of rotatable bonds is 3. The topological polar surface area (TPSA) is 66.8 Å². The van der Waals surface area contributed by atoms with Gasteiger partial charge in [0.2, 0.25) is 5.91 Å². The molecule has 0 heterocycles. The van der Waals surface area contributed by atoms with Gasteiger partial charge in [-0.1, -0.05) is 13.8 Å². The Bertz CT molecular complexity index is 274. The highest BCUT2D eigenvalue weighted by Crippen LogP contribution is 2.58. The van der Waals surface area contributed by atoms with Gasteiger partial charge in [-0.2, -0.15) is 0 Å². The molecule has 0 aromatic heterocycles. The second-order valence-corrected chi connectivity index (χ2v) is 4.13. The molecule has 0 radical (unpaired) electrons. The molecule has 2 atom stereocenters. The molecule has 0 aromatic rings. The van der Waals surface area contributed by atoms with Crippen LogP contribution < -0.4 is 0 Å². The van der Waals surface area contributed by atoms with E-state index < -0.39 is 23.2 Å². The largest absolute Gasteiger partial charge is 0.481 e. The number of carbonyl (C=O) groups is 2. The van der Waals surface area contributed by atoms with E-state index in [0.717, 1.165) is 5.06 Å². The Balaban J connectivity index is 2.74. The Labute approximate surface area is 82.6 Å². The average molecular weight is 201 g/mol. The number of hydroxylamine groups is 2. The third-order valence-electron chi connectivity index (χ3n) is 2.94. The van der Waals surface area contributed by atoms with Crippen LogP contribution >= 0.6 is 0 Å². The maximum Gasteiger partial charge on any atom is 0.307 e. The number of hydrogen-bond acceptors (Lipinski definition) is 3. The van der Waals surface area contributed by atoms with E-state index in [2.05, 4.69) is 0 Å². The molecule has 1 N–H and O–H groups in total. The second kappa shape index (κ2) is 3.24. The van der Waals surface area contributed by atoms with Crippen molar-refractivity contribution in [3.05, 3.63) is 0 Å². The average Bonchev–Trinajstić information content (AvgIpc) is 2.66. The maximum atomic E-state index is 11.6. The molecule has 1 saturated carbocycles. The summed E-state index contributed by atoms with van der Waals surface area (Å²) in [5.41, 5.74) is -0.463. The highest BCUT2D eigenvalue weighted by Gasteiger charge is 2.66. The van der Waals surface area contributed by atoms with Gasteiger partial charge in [0.05, 0.1) is 18.9 Å². The molecule has 0 unspecified atom stereocenters. The minimum absolute atomic E-state index is 0.273. The fourth-order valence-corrected chi connectivity index (χ4v) is 1.85. The number of nitrogens with zero attached hydrogens (tertiary/aromatic N) is 1. The molecular formula is C9H15NO4. The summed E-state index contributed by atoms with van der Waals surface area (Å²) in [6.07, 6.45) is 0. The zero-order chi connectivity index (χ0) is 11.1. The Morgan fingerprint density at radius 2 is 1.86 bits per heavy atom. The van der Waals surface area contributed by atoms with E-state index in [1.807, 2.05) is 0 Å². The van der Waals surface area contributed by atoms with Gasteiger partial charge >= 0.3 is 5.97 Å². The Morgan fingerprint density at radius 1 is 1.36 bits per heavy atom. The van der Waals surface area contributed by atoms with Crippen LogP contribution in [0.2, 0.25) is 0 Å². The Kier molecular flexibility index (Phi) is 2.54. The van der Waals surface area contributed by atoms with Crippen molar-refractivity contribution < 1.29 is 19.5 Å². The zero-order valence-corrected chi connectivity index (χ0v) is 8.77. The first-order valence-corrected chi connectivity index (χ1v) is 4.38. The minimum atomic E-state index is -0.919. The fourth-order valence-electron chi connectivity index (χ4n) is 1.85. The number of carbonyl (C=O) groups excluding carboxylic acids is 1. The van der Waals surface area contributed by atoms with Gasteiger partial charge in [0, 0.05) is 7.05 Å². The van der Waals surface area contributed by atoms with Crippen molar-refractivity contribution in [1.29, 1.82) is 0 Å². The van der Waals surface area contributed by atoms with Gasteiger partial charge in [-0.15, -0.1) is 0 Å². The normalized spacial score (nSPS) is 28.3. The van der Waals surface area contributed by atoms with Crippen LogP contribution in [0, 0.1) is 17.3 Å². The van der Waals surface area contributed by atoms with Crippen molar-refractivity contribution in [3.63, 3.8) is 0 Å². The van der Waals surface area contributed by atoms with E-state index >= 15 is 0 Å². The highest BCUT2D eigenvalue weighted by atomic mass is 16.7. The van der Waals surface area contributed by atoms with Crippen LogP contribution in [0.15, 0.2) is 0 Å². The molecule has 1 rings (SSSR count). The summed E-state index contributed by atoms with van der Waals surface area (Å²) in [7, 11) is 2.86. The Morgan fingerprint density at radius 3 is 2.14 bits per heavy atom. The quantitative estimate of drug-likeness (QED) is 0.669. The van der Waals surface area contributed by atoms with Crippen LogP contribution in [0.3, 0.4) is 0 Å². The molecule has 5 nitrogen and oxygen atoms in total. The summed E-state index contributed by atoms with van der Waals surface area (Å²) in [6.45, 7) is 3.55. The lowest BCUT2D eigenvalue weighted by atomic mass is 10.1. The van der Waals surface area contributed by atoms with Crippen LogP contribution in [0.5, 0.6) is 0 Å². The monoisotopic (exact) mass is 201 g/mol. The van der Waals surface area contributed by atoms with Gasteiger partial charge in [-0.05, 0) is 5.41 Å². The van der Waals surface area contributed by atoms with E-state index in [-0.39, 0.29) is 5.91 Å². The van der Waals surface area contributed by atoms with Gasteiger partial charge in [-0.3, -0.25) is 14.4 Å². The van der Waals surface area contributed by atoms with Crippen LogP contribution in [0.1, 0.15) is 13.8 Å². The van der Waals surface area contributed by atoms with Crippen molar-refractivity contribution in [1.82, 2.24) is 5.06 Å². The van der Waals surface area contributed by atoms with Gasteiger partial charge < -0.3 is 5.11 Å². The summed E-state index contributed by atoms with van der Waals surface area (Å²) >= 11 is 0. The van der Waals surface area contributed by atoms with Crippen LogP contribution in [0.25, 0.3) is 0 Å². The molecule has 1 aliphatic carbocycles. The standard InChI is InChI=1S/C9H15NO4/c1-9(2)5(6(9)8(12)13)7(11)10(3)14-4/h5-6H,1-4H3,(H,12,13)/t5-,6+/m1/s1. The van der Waals surface area contributed by atoms with Gasteiger partial charge in [0.15, 0.2) is 0 Å². The lowest BCUT2D eigenvalue weighted by molar-refractivity contribution is -0.171. The Hall–Kier alpha value is -1.10. The highest BCUT2D eigenvalue weighted by molar-refractivity contribution is 5.91. The second-order valence-electron chi connectivity index (χ2n) is 4.13. The molecule has 14 heavy (non-hydrogen) atoms. The van der Waals surface area contributed by atoms with Crippen LogP contribution in [0.4, 0.5) is 0 Å². The smallest absolute Gasteiger partial charge is 0.307 e. The lowest BCUT2D eigenvalue weighted by Gasteiger charge is -2.13. The molecular weight excluding hydrogens is 186 g/mol. The zero-order valence-electron chi connectivity index (χ0n) is 8.77. The predicted octanol–water partition coefficient (Wildman–Crippen LogP) is 0.363. The number of carboxylic acids is 1. The van der Waals surface area contributed by atoms with E-state index in [9.17, 15) is 9.59 Å². The van der Waals surface area contributed by atoms with E-state index in [0.29, 0.717) is 0 Å². The maximum absolute atomic E-state index is 11.6. The van der Waals surface area contributed by atoms with Crippen molar-refractivity contribution >= 4 is 11.9 Å². The van der Waals surface area contributed by atoms with Crippen molar-refractivity contribution in [3.8, 4) is 0 Å². The SMILES string of the molecule is CON(C)C(=O)[C@H]1[C@@H](C(=O)O)C1(C)C. The molecule has 0 aliphatic heterocycles. The molecule has 1 amide bonds. The van der Waals surface area contributed by atoms with Gasteiger partial charge in [-0.25, -0.2) is 5.06 Å². The first-order valence-electron chi connectivity index (χ1n) is 4.38. The summed E-state index contributed by atoms with van der Waals surface area (Å²) < 4.78 is 0. The summed E-state index contributed by atoms with van der Waals surface area (Å²) in [5.74, 6) is -2.25. The number of aliphatic carboxylic acids is 1. The number of hydrogen-bond donors (Lipinski definition) is 1. The minimum Gasteiger partial charge on any atom is -0.481 e. The molecule has 80 valence electrons. The molecule has 0 spiro atoms. The first kappa shape index (κ1) is 11.0. The molecule has 1 aliphatic rings. The number of amides is 1. The fraction of sp³-hybridized carbons (Fsp3) is 0.778. The van der Waals surface area contributed by atoms with E-state index in [1.54, 1.807) is 13.8 Å². The third kappa shape index (κ3) is 1.48. The first-order chi connectivity index (χ1) is 6.34. The molecule has 0 aromatic carbocycles. The van der Waals surface area contributed by atoms with Crippen LogP contribution in [-0.4, -0.2) is 36.2 Å². The summed E-state index contributed by atoms with van der Waals surface area (Å²) in [4.78, 5) is 27.1. The molecule has 1 fully saturated rings. The van der Waals surface area contributed by atoms with Gasteiger partial charge in [0.25, 0.3) is 0 Å². The lowest BCUT2D eigenvalue weighted by Crippen LogP contribution is -2.28. The van der Waals surface area contributed by atoms with Crippen LogP contribution in [-0.2, 0) is 14.4 Å². The van der Waals surface area contributed by atoms with E-state index in [1.165, 1.54) is 14.2 Å². The summed E-state index contributed by atoms with van der Waals surface area (Å²) in [6, 6.07) is 0. The van der Waals surface area contributed by atoms with Crippen molar-refractivity contribution in [2.45, 2.75) is 13.8 Å². The van der Waals surface area contributed by atoms with Crippen molar-refractivity contribution in [2.75, 3.05) is 14.2 Å². The molecule has 0 bridgehead atoms. The number of carboxylic acid groups (broad SMARTS) is 1. The van der Waals surface area contributed by atoms with Gasteiger partial charge in [0.1, 0.15) is 0 Å². The molecule has 0 saturated heterocycles. The summed E-state index contributed by atoms with van der Waals surface area (Å²) in [5, 5.41) is 9.93. The molecule has 5 heteroatoms. The van der Waals surface area contributed by atoms with Crippen molar-refractivity contribution in [2.24, 2.45) is 17.3 Å². The van der Waals surface area contributed by atoms with E-state index in [4.69, 9.17) is 9.94 Å². The third-order valence-corrected chi connectivity index (χ3v) is 2.94. The predicted molar refractivity (Wildman–Crippen MR) is 48.2 cm³/mol.